The van der Waals surface area contributed by atoms with E-state index in [2.05, 4.69) is 20.2 Å². The molecule has 96 valence electrons. The molecule has 0 fully saturated rings. The lowest BCUT2D eigenvalue weighted by Gasteiger charge is -1.95. The molecule has 0 spiro atoms. The maximum Gasteiger partial charge on any atom is 0.228 e. The Kier molecular flexibility index (Phi) is 2.35. The molecule has 0 aliphatic heterocycles. The minimum Gasteiger partial charge on any atom is -0.436 e. The Morgan fingerprint density at radius 1 is 1.00 bits per heavy atom. The van der Waals surface area contributed by atoms with E-state index in [1.54, 1.807) is 18.6 Å². The molecule has 3 aromatic heterocycles. The number of hydrogen-bond acceptors (Lipinski definition) is 4. The molecule has 5 nitrogen and oxygen atoms in total. The molecule has 4 rings (SSSR count). The van der Waals surface area contributed by atoms with Crippen molar-refractivity contribution in [3.05, 3.63) is 55.0 Å². The number of aromatic amines is 1. The maximum absolute atomic E-state index is 5.75. The Morgan fingerprint density at radius 2 is 2.00 bits per heavy atom. The lowest BCUT2D eigenvalue weighted by molar-refractivity contribution is 0.619. The minimum atomic E-state index is 0.579. The van der Waals surface area contributed by atoms with Gasteiger partial charge in [-0.1, -0.05) is 0 Å². The molecule has 4 aromatic rings. The third-order valence-electron chi connectivity index (χ3n) is 3.11. The number of oxazole rings is 1. The van der Waals surface area contributed by atoms with Crippen LogP contribution in [0.3, 0.4) is 0 Å². The molecule has 0 saturated heterocycles. The average Bonchev–Trinajstić information content (AvgIpc) is 3.16. The van der Waals surface area contributed by atoms with E-state index in [4.69, 9.17) is 4.42 Å². The number of benzene rings is 1. The normalized spacial score (nSPS) is 11.0. The second-order valence-electron chi connectivity index (χ2n) is 4.41. The molecular weight excluding hydrogens is 252 g/mol. The van der Waals surface area contributed by atoms with Crippen LogP contribution in [-0.2, 0) is 0 Å². The van der Waals surface area contributed by atoms with Gasteiger partial charge in [0.1, 0.15) is 5.52 Å². The van der Waals surface area contributed by atoms with E-state index in [1.165, 1.54) is 0 Å². The number of hydrogen-bond donors (Lipinski definition) is 1. The fourth-order valence-electron chi connectivity index (χ4n) is 2.12. The fourth-order valence-corrected chi connectivity index (χ4v) is 2.12. The van der Waals surface area contributed by atoms with Crippen molar-refractivity contribution < 1.29 is 4.42 Å². The van der Waals surface area contributed by atoms with E-state index < -0.39 is 0 Å². The molecule has 1 N–H and O–H groups in total. The third kappa shape index (κ3) is 1.76. The topological polar surface area (TPSA) is 67.6 Å². The van der Waals surface area contributed by atoms with Crippen molar-refractivity contribution in [1.29, 1.82) is 0 Å². The smallest absolute Gasteiger partial charge is 0.228 e. The van der Waals surface area contributed by atoms with Gasteiger partial charge in [0, 0.05) is 24.2 Å². The summed E-state index contributed by atoms with van der Waals surface area (Å²) in [5.41, 5.74) is 4.42. The first-order valence-corrected chi connectivity index (χ1v) is 6.21. The van der Waals surface area contributed by atoms with Gasteiger partial charge in [-0.25, -0.2) is 4.98 Å². The van der Waals surface area contributed by atoms with Gasteiger partial charge in [-0.15, -0.1) is 0 Å². The predicted octanol–water partition coefficient (Wildman–Crippen LogP) is 3.28. The van der Waals surface area contributed by atoms with Gasteiger partial charge in [0.25, 0.3) is 0 Å². The summed E-state index contributed by atoms with van der Waals surface area (Å²) in [6.07, 6.45) is 5.19. The maximum atomic E-state index is 5.75. The van der Waals surface area contributed by atoms with E-state index in [9.17, 15) is 0 Å². The van der Waals surface area contributed by atoms with Crippen LogP contribution in [0.25, 0.3) is 33.8 Å². The summed E-state index contributed by atoms with van der Waals surface area (Å²) in [5, 5.41) is 6.89. The molecule has 0 aliphatic carbocycles. The molecule has 0 atom stereocenters. The second-order valence-corrected chi connectivity index (χ2v) is 4.41. The molecule has 0 radical (unpaired) electrons. The van der Waals surface area contributed by atoms with E-state index in [1.807, 2.05) is 36.4 Å². The van der Waals surface area contributed by atoms with Gasteiger partial charge in [0.2, 0.25) is 5.89 Å². The summed E-state index contributed by atoms with van der Waals surface area (Å²) >= 11 is 0. The van der Waals surface area contributed by atoms with Crippen LogP contribution in [0.2, 0.25) is 0 Å². The molecule has 0 aliphatic rings. The van der Waals surface area contributed by atoms with Gasteiger partial charge < -0.3 is 4.42 Å². The zero-order valence-electron chi connectivity index (χ0n) is 10.4. The van der Waals surface area contributed by atoms with Gasteiger partial charge >= 0.3 is 0 Å². The van der Waals surface area contributed by atoms with E-state index in [0.29, 0.717) is 5.89 Å². The first kappa shape index (κ1) is 10.9. The molecule has 0 amide bonds. The van der Waals surface area contributed by atoms with Crippen LogP contribution >= 0.6 is 0 Å². The molecule has 0 unspecified atom stereocenters. The van der Waals surface area contributed by atoms with Crippen LogP contribution < -0.4 is 0 Å². The van der Waals surface area contributed by atoms with Crippen molar-refractivity contribution in [2.75, 3.05) is 0 Å². The van der Waals surface area contributed by atoms with Crippen LogP contribution in [0.5, 0.6) is 0 Å². The fraction of sp³-hybridized carbons (Fsp3) is 0. The van der Waals surface area contributed by atoms with E-state index >= 15 is 0 Å². The van der Waals surface area contributed by atoms with Crippen LogP contribution in [0.1, 0.15) is 0 Å². The molecule has 1 aromatic carbocycles. The zero-order valence-corrected chi connectivity index (χ0v) is 10.4. The molecule has 3 heterocycles. The lowest BCUT2D eigenvalue weighted by atomic mass is 10.1. The summed E-state index contributed by atoms with van der Waals surface area (Å²) < 4.78 is 5.75. The summed E-state index contributed by atoms with van der Waals surface area (Å²) in [6.45, 7) is 0. The van der Waals surface area contributed by atoms with Crippen molar-refractivity contribution in [3.63, 3.8) is 0 Å². The van der Waals surface area contributed by atoms with Crippen molar-refractivity contribution in [2.45, 2.75) is 0 Å². The van der Waals surface area contributed by atoms with Crippen LogP contribution in [0, 0.1) is 0 Å². The molecule has 5 heteroatoms. The SMILES string of the molecule is c1cncc(-c2nc3cc(-c4ccn[nH]4)ccc3o2)c1. The van der Waals surface area contributed by atoms with Gasteiger partial charge in [0.15, 0.2) is 5.58 Å². The Hall–Kier alpha value is -2.95. The third-order valence-corrected chi connectivity index (χ3v) is 3.11. The molecule has 0 saturated carbocycles. The number of H-pyrrole nitrogens is 1. The second kappa shape index (κ2) is 4.31. The summed E-state index contributed by atoms with van der Waals surface area (Å²) in [4.78, 5) is 8.59. The van der Waals surface area contributed by atoms with Gasteiger partial charge in [-0.2, -0.15) is 5.10 Å². The highest BCUT2D eigenvalue weighted by molar-refractivity contribution is 5.81. The Labute approximate surface area is 114 Å². The number of nitrogens with zero attached hydrogens (tertiary/aromatic N) is 3. The Bertz CT molecular complexity index is 850. The monoisotopic (exact) mass is 262 g/mol. The standard InChI is InChI=1S/C15H10N4O/c1-2-11(9-16-6-1)15-18-13-8-10(3-4-14(13)20-15)12-5-7-17-19-12/h1-9H,(H,17,19). The Morgan fingerprint density at radius 3 is 2.80 bits per heavy atom. The van der Waals surface area contributed by atoms with Crippen molar-refractivity contribution in [3.8, 4) is 22.7 Å². The molecule has 20 heavy (non-hydrogen) atoms. The van der Waals surface area contributed by atoms with Crippen molar-refractivity contribution >= 4 is 11.1 Å². The highest BCUT2D eigenvalue weighted by atomic mass is 16.3. The minimum absolute atomic E-state index is 0.579. The van der Waals surface area contributed by atoms with E-state index in [-0.39, 0.29) is 0 Å². The summed E-state index contributed by atoms with van der Waals surface area (Å²) in [5.74, 6) is 0.579. The number of aromatic nitrogens is 4. The number of nitrogens with one attached hydrogen (secondary N) is 1. The van der Waals surface area contributed by atoms with Crippen molar-refractivity contribution in [1.82, 2.24) is 20.2 Å². The van der Waals surface area contributed by atoms with E-state index in [0.717, 1.165) is 27.9 Å². The molecule has 0 bridgehead atoms. The predicted molar refractivity (Wildman–Crippen MR) is 74.8 cm³/mol. The average molecular weight is 262 g/mol. The first-order chi connectivity index (χ1) is 9.90. The van der Waals surface area contributed by atoms with Crippen molar-refractivity contribution in [2.24, 2.45) is 0 Å². The van der Waals surface area contributed by atoms with Crippen LogP contribution in [0.4, 0.5) is 0 Å². The number of fused-ring (bicyclic) bond motifs is 1. The highest BCUT2D eigenvalue weighted by Gasteiger charge is 2.09. The number of pyridine rings is 1. The lowest BCUT2D eigenvalue weighted by Crippen LogP contribution is -1.79. The summed E-state index contributed by atoms with van der Waals surface area (Å²) in [7, 11) is 0. The van der Waals surface area contributed by atoms with Gasteiger partial charge in [-0.3, -0.25) is 10.1 Å². The number of rotatable bonds is 2. The Balaban J connectivity index is 1.84. The van der Waals surface area contributed by atoms with Gasteiger partial charge in [-0.05, 0) is 36.4 Å². The quantitative estimate of drug-likeness (QED) is 0.602. The first-order valence-electron chi connectivity index (χ1n) is 6.21. The summed E-state index contributed by atoms with van der Waals surface area (Å²) in [6, 6.07) is 11.6. The molecular formula is C15H10N4O. The largest absolute Gasteiger partial charge is 0.436 e. The van der Waals surface area contributed by atoms with Gasteiger partial charge in [0.05, 0.1) is 11.3 Å². The zero-order chi connectivity index (χ0) is 13.4. The highest BCUT2D eigenvalue weighted by Crippen LogP contribution is 2.27. The van der Waals surface area contributed by atoms with Crippen LogP contribution in [-0.4, -0.2) is 20.2 Å². The van der Waals surface area contributed by atoms with Crippen LogP contribution in [0.15, 0.2) is 59.4 Å².